The summed E-state index contributed by atoms with van der Waals surface area (Å²) in [4.78, 5) is 28.6. The van der Waals surface area contributed by atoms with Gasteiger partial charge in [-0.2, -0.15) is 18.3 Å². The molecular formula is C21H19F3N6O2. The van der Waals surface area contributed by atoms with Crippen molar-refractivity contribution in [3.05, 3.63) is 59.4 Å². The predicted molar refractivity (Wildman–Crippen MR) is 111 cm³/mol. The van der Waals surface area contributed by atoms with E-state index in [4.69, 9.17) is 0 Å². The van der Waals surface area contributed by atoms with Gasteiger partial charge in [-0.1, -0.05) is 6.07 Å². The summed E-state index contributed by atoms with van der Waals surface area (Å²) in [5.41, 5.74) is -0.350. The molecule has 1 aliphatic carbocycles. The van der Waals surface area contributed by atoms with Crippen molar-refractivity contribution in [2.24, 2.45) is 0 Å². The summed E-state index contributed by atoms with van der Waals surface area (Å²) in [6, 6.07) is 9.02. The zero-order chi connectivity index (χ0) is 22.9. The van der Waals surface area contributed by atoms with Crippen LogP contribution < -0.4 is 16.0 Å². The molecule has 8 nitrogen and oxygen atoms in total. The fourth-order valence-corrected chi connectivity index (χ4v) is 2.99. The van der Waals surface area contributed by atoms with Gasteiger partial charge >= 0.3 is 12.2 Å². The van der Waals surface area contributed by atoms with E-state index in [0.717, 1.165) is 25.0 Å². The van der Waals surface area contributed by atoms with Crippen molar-refractivity contribution >= 4 is 23.3 Å². The lowest BCUT2D eigenvalue weighted by atomic mass is 10.1. The second-order valence-corrected chi connectivity index (χ2v) is 7.45. The molecular weight excluding hydrogens is 425 g/mol. The number of aromatic nitrogens is 3. The number of H-pyrrole nitrogens is 1. The lowest BCUT2D eigenvalue weighted by Crippen LogP contribution is -2.30. The van der Waals surface area contributed by atoms with Crippen LogP contribution in [-0.2, 0) is 6.18 Å². The lowest BCUT2D eigenvalue weighted by molar-refractivity contribution is -0.137. The van der Waals surface area contributed by atoms with Crippen molar-refractivity contribution in [3.8, 4) is 11.4 Å². The second-order valence-electron chi connectivity index (χ2n) is 7.45. The molecule has 0 atom stereocenters. The molecule has 11 heteroatoms. The van der Waals surface area contributed by atoms with Gasteiger partial charge < -0.3 is 16.0 Å². The number of halogens is 3. The molecule has 32 heavy (non-hydrogen) atoms. The summed E-state index contributed by atoms with van der Waals surface area (Å²) in [6.07, 6.45) is -2.76. The molecule has 0 spiro atoms. The maximum atomic E-state index is 13.4. The van der Waals surface area contributed by atoms with Crippen LogP contribution in [0.4, 0.5) is 29.3 Å². The first kappa shape index (κ1) is 21.3. The highest BCUT2D eigenvalue weighted by Gasteiger charge is 2.32. The minimum Gasteiger partial charge on any atom is -0.335 e. The van der Waals surface area contributed by atoms with Crippen LogP contribution in [0, 0.1) is 6.92 Å². The highest BCUT2D eigenvalue weighted by atomic mass is 19.4. The van der Waals surface area contributed by atoms with Gasteiger partial charge in [0.2, 0.25) is 0 Å². The van der Waals surface area contributed by atoms with E-state index in [9.17, 15) is 22.8 Å². The first-order valence-corrected chi connectivity index (χ1v) is 9.78. The van der Waals surface area contributed by atoms with E-state index in [2.05, 4.69) is 31.1 Å². The van der Waals surface area contributed by atoms with Crippen LogP contribution in [0.1, 0.15) is 34.6 Å². The average Bonchev–Trinajstić information content (AvgIpc) is 3.43. The van der Waals surface area contributed by atoms with E-state index >= 15 is 0 Å². The molecule has 1 aliphatic rings. The highest BCUT2D eigenvalue weighted by Crippen LogP contribution is 2.34. The molecule has 1 heterocycles. The van der Waals surface area contributed by atoms with E-state index in [1.54, 1.807) is 19.1 Å². The molecule has 3 amide bonds. The molecule has 1 fully saturated rings. The Kier molecular flexibility index (Phi) is 5.56. The van der Waals surface area contributed by atoms with Crippen molar-refractivity contribution in [1.82, 2.24) is 20.5 Å². The first-order chi connectivity index (χ1) is 15.2. The molecule has 0 radical (unpaired) electrons. The smallest absolute Gasteiger partial charge is 0.335 e. The average molecular weight is 444 g/mol. The first-order valence-electron chi connectivity index (χ1n) is 9.78. The third-order valence-electron chi connectivity index (χ3n) is 4.67. The minimum absolute atomic E-state index is 0.0629. The summed E-state index contributed by atoms with van der Waals surface area (Å²) in [6.45, 7) is 1.62. The number of benzene rings is 2. The summed E-state index contributed by atoms with van der Waals surface area (Å²) in [5, 5.41) is 14.3. The van der Waals surface area contributed by atoms with Gasteiger partial charge in [0, 0.05) is 28.5 Å². The number of hydrogen-bond donors (Lipinski definition) is 4. The van der Waals surface area contributed by atoms with Gasteiger partial charge in [-0.3, -0.25) is 9.89 Å². The van der Waals surface area contributed by atoms with Gasteiger partial charge in [0.05, 0.1) is 5.56 Å². The Bertz CT molecular complexity index is 1170. The Balaban J connectivity index is 1.55. The number of alkyl halides is 3. The van der Waals surface area contributed by atoms with Crippen LogP contribution in [0.25, 0.3) is 11.4 Å². The van der Waals surface area contributed by atoms with E-state index in [0.29, 0.717) is 11.5 Å². The Morgan fingerprint density at radius 2 is 1.84 bits per heavy atom. The molecule has 2 aromatic carbocycles. The van der Waals surface area contributed by atoms with Crippen molar-refractivity contribution in [2.45, 2.75) is 32.0 Å². The number of aryl methyl sites for hydroxylation is 1. The van der Waals surface area contributed by atoms with Crippen LogP contribution in [0.3, 0.4) is 0 Å². The van der Waals surface area contributed by atoms with Crippen molar-refractivity contribution < 1.29 is 22.8 Å². The molecule has 0 unspecified atom stereocenters. The standard InChI is InChI=1S/C21H19F3N6O2/c1-11-25-18(30-29-11)13-7-14(21(22,23)24)10-17(9-13)26-19(31)12-3-2-4-16(8-12)28-20(32)27-15-5-6-15/h2-4,7-10,15H,5-6H2,1H3,(H,26,31)(H,25,29,30)(H2,27,28,32). The molecule has 4 N–H and O–H groups in total. The van der Waals surface area contributed by atoms with Gasteiger partial charge in [0.15, 0.2) is 5.82 Å². The van der Waals surface area contributed by atoms with Crippen molar-refractivity contribution in [2.75, 3.05) is 10.6 Å². The Labute approximate surface area is 180 Å². The number of carbonyl (C=O) groups excluding carboxylic acids is 2. The number of amides is 3. The molecule has 0 saturated heterocycles. The van der Waals surface area contributed by atoms with Crippen LogP contribution >= 0.6 is 0 Å². The number of anilines is 2. The fourth-order valence-electron chi connectivity index (χ4n) is 2.99. The second kappa shape index (κ2) is 8.33. The molecule has 1 aromatic heterocycles. The SMILES string of the molecule is Cc1nc(-c2cc(NC(=O)c3cccc(NC(=O)NC4CC4)c3)cc(C(F)(F)F)c2)n[nH]1. The summed E-state index contributed by atoms with van der Waals surface area (Å²) < 4.78 is 40.2. The number of aromatic amines is 1. The third kappa shape index (κ3) is 5.23. The summed E-state index contributed by atoms with van der Waals surface area (Å²) >= 11 is 0. The zero-order valence-electron chi connectivity index (χ0n) is 16.9. The molecule has 0 bridgehead atoms. The number of nitrogens with one attached hydrogen (secondary N) is 4. The number of nitrogens with zero attached hydrogens (tertiary/aromatic N) is 2. The number of carbonyl (C=O) groups is 2. The van der Waals surface area contributed by atoms with Crippen LogP contribution in [-0.4, -0.2) is 33.2 Å². The van der Waals surface area contributed by atoms with Crippen LogP contribution in [0.5, 0.6) is 0 Å². The fraction of sp³-hybridized carbons (Fsp3) is 0.238. The van der Waals surface area contributed by atoms with Gasteiger partial charge in [-0.25, -0.2) is 9.78 Å². The minimum atomic E-state index is -4.63. The predicted octanol–water partition coefficient (Wildman–Crippen LogP) is 4.34. The summed E-state index contributed by atoms with van der Waals surface area (Å²) in [7, 11) is 0. The number of hydrogen-bond acceptors (Lipinski definition) is 4. The van der Waals surface area contributed by atoms with Crippen molar-refractivity contribution in [3.63, 3.8) is 0 Å². The Morgan fingerprint density at radius 3 is 2.50 bits per heavy atom. The molecule has 4 rings (SSSR count). The lowest BCUT2D eigenvalue weighted by Gasteiger charge is -2.13. The maximum Gasteiger partial charge on any atom is 0.416 e. The van der Waals surface area contributed by atoms with Crippen LogP contribution in [0.15, 0.2) is 42.5 Å². The van der Waals surface area contributed by atoms with Gasteiger partial charge in [-0.05, 0) is 56.2 Å². The Hall–Kier alpha value is -3.89. The van der Waals surface area contributed by atoms with Gasteiger partial charge in [0.25, 0.3) is 5.91 Å². The largest absolute Gasteiger partial charge is 0.416 e. The van der Waals surface area contributed by atoms with Gasteiger partial charge in [-0.15, -0.1) is 0 Å². The Morgan fingerprint density at radius 1 is 1.06 bits per heavy atom. The van der Waals surface area contributed by atoms with Crippen molar-refractivity contribution in [1.29, 1.82) is 0 Å². The highest BCUT2D eigenvalue weighted by molar-refractivity contribution is 6.05. The monoisotopic (exact) mass is 444 g/mol. The number of urea groups is 1. The van der Waals surface area contributed by atoms with E-state index in [1.807, 2.05) is 0 Å². The molecule has 3 aromatic rings. The van der Waals surface area contributed by atoms with Crippen LogP contribution in [0.2, 0.25) is 0 Å². The normalized spacial score (nSPS) is 13.5. The topological polar surface area (TPSA) is 112 Å². The molecule has 1 saturated carbocycles. The molecule has 0 aliphatic heterocycles. The summed E-state index contributed by atoms with van der Waals surface area (Å²) in [5.74, 6) is -0.109. The van der Waals surface area contributed by atoms with E-state index < -0.39 is 17.6 Å². The van der Waals surface area contributed by atoms with E-state index in [1.165, 1.54) is 18.2 Å². The quantitative estimate of drug-likeness (QED) is 0.469. The van der Waals surface area contributed by atoms with E-state index in [-0.39, 0.29) is 34.7 Å². The third-order valence-corrected chi connectivity index (χ3v) is 4.67. The molecule has 166 valence electrons. The zero-order valence-corrected chi connectivity index (χ0v) is 16.9. The maximum absolute atomic E-state index is 13.4. The number of rotatable bonds is 5. The van der Waals surface area contributed by atoms with Gasteiger partial charge in [0.1, 0.15) is 5.82 Å².